The molecule has 0 spiro atoms. The van der Waals surface area contributed by atoms with Gasteiger partial charge in [-0.2, -0.15) is 4.98 Å². The van der Waals surface area contributed by atoms with Crippen LogP contribution < -0.4 is 21.3 Å². The van der Waals surface area contributed by atoms with Gasteiger partial charge in [-0.05, 0) is 39.3 Å². The number of nitrogens with zero attached hydrogens (tertiary/aromatic N) is 3. The molecule has 0 saturated carbocycles. The van der Waals surface area contributed by atoms with Crippen molar-refractivity contribution >= 4 is 17.1 Å². The number of aromatic amines is 1. The maximum absolute atomic E-state index is 12.5. The van der Waals surface area contributed by atoms with E-state index >= 15 is 0 Å². The largest absolute Gasteiger partial charge is 0.491 e. The highest BCUT2D eigenvalue weighted by Crippen LogP contribution is 2.17. The zero-order valence-electron chi connectivity index (χ0n) is 18.9. The van der Waals surface area contributed by atoms with Crippen LogP contribution >= 0.6 is 0 Å². The highest BCUT2D eigenvalue weighted by Gasteiger charge is 2.19. The number of aryl methyl sites for hydroxylation is 2. The van der Waals surface area contributed by atoms with Crippen LogP contribution in [-0.4, -0.2) is 56.2 Å². The molecule has 1 atom stereocenters. The monoisotopic (exact) mass is 445 g/mol. The molecule has 2 heterocycles. The van der Waals surface area contributed by atoms with Gasteiger partial charge in [0.2, 0.25) is 5.95 Å². The van der Waals surface area contributed by atoms with Crippen molar-refractivity contribution in [3.63, 3.8) is 0 Å². The molecule has 10 nitrogen and oxygen atoms in total. The zero-order valence-corrected chi connectivity index (χ0v) is 18.9. The minimum absolute atomic E-state index is 0.0358. The Labute approximate surface area is 185 Å². The first kappa shape index (κ1) is 23.6. The summed E-state index contributed by atoms with van der Waals surface area (Å²) in [7, 11) is 1.54. The van der Waals surface area contributed by atoms with E-state index in [1.165, 1.54) is 11.6 Å². The van der Waals surface area contributed by atoms with Crippen molar-refractivity contribution in [3.05, 3.63) is 50.7 Å². The minimum Gasteiger partial charge on any atom is -0.491 e. The summed E-state index contributed by atoms with van der Waals surface area (Å²) in [5.74, 6) is 1.04. The summed E-state index contributed by atoms with van der Waals surface area (Å²) in [5.41, 5.74) is 0.460. The Hall–Kier alpha value is -3.11. The van der Waals surface area contributed by atoms with Crippen LogP contribution in [0, 0.1) is 6.92 Å². The number of fused-ring (bicyclic) bond motifs is 1. The molecule has 0 bridgehead atoms. The van der Waals surface area contributed by atoms with Crippen molar-refractivity contribution in [2.45, 2.75) is 45.9 Å². The van der Waals surface area contributed by atoms with Crippen LogP contribution in [0.15, 0.2) is 33.9 Å². The van der Waals surface area contributed by atoms with E-state index in [2.05, 4.69) is 15.3 Å². The van der Waals surface area contributed by atoms with E-state index < -0.39 is 17.4 Å². The van der Waals surface area contributed by atoms with Gasteiger partial charge < -0.3 is 24.5 Å². The number of anilines is 1. The number of benzene rings is 1. The molecular weight excluding hydrogens is 414 g/mol. The second-order valence-corrected chi connectivity index (χ2v) is 8.01. The summed E-state index contributed by atoms with van der Waals surface area (Å²) in [5, 5.41) is 13.8. The summed E-state index contributed by atoms with van der Waals surface area (Å²) < 4.78 is 14.1. The SMILES string of the molecule is Cc1ccc(OC[C@@H](O)Cn2c(NCCCOC(C)C)nc3c2c(=O)[nH]c(=O)n3C)cc1. The van der Waals surface area contributed by atoms with Crippen LogP contribution in [0.1, 0.15) is 25.8 Å². The molecule has 0 aliphatic heterocycles. The molecule has 3 aromatic rings. The van der Waals surface area contributed by atoms with Gasteiger partial charge in [-0.3, -0.25) is 14.3 Å². The van der Waals surface area contributed by atoms with Gasteiger partial charge in [0.15, 0.2) is 11.2 Å². The lowest BCUT2D eigenvalue weighted by Gasteiger charge is -2.16. The van der Waals surface area contributed by atoms with Crippen LogP contribution in [0.3, 0.4) is 0 Å². The Morgan fingerprint density at radius 2 is 1.94 bits per heavy atom. The van der Waals surface area contributed by atoms with Crippen LogP contribution in [0.5, 0.6) is 5.75 Å². The number of aliphatic hydroxyl groups is 1. The van der Waals surface area contributed by atoms with E-state index in [9.17, 15) is 14.7 Å². The Morgan fingerprint density at radius 3 is 2.62 bits per heavy atom. The van der Waals surface area contributed by atoms with Crippen molar-refractivity contribution in [2.24, 2.45) is 7.05 Å². The van der Waals surface area contributed by atoms with E-state index in [0.29, 0.717) is 24.8 Å². The number of nitrogens with one attached hydrogen (secondary N) is 2. The van der Waals surface area contributed by atoms with E-state index in [1.807, 2.05) is 45.0 Å². The number of imidazole rings is 1. The van der Waals surface area contributed by atoms with Crippen molar-refractivity contribution < 1.29 is 14.6 Å². The number of ether oxygens (including phenoxy) is 2. The number of H-pyrrole nitrogens is 1. The quantitative estimate of drug-likeness (QED) is 0.381. The van der Waals surface area contributed by atoms with Gasteiger partial charge in [0, 0.05) is 20.2 Å². The van der Waals surface area contributed by atoms with E-state index in [-0.39, 0.29) is 30.4 Å². The average Bonchev–Trinajstić information content (AvgIpc) is 3.10. The molecule has 0 fully saturated rings. The summed E-state index contributed by atoms with van der Waals surface area (Å²) in [6.07, 6.45) is -0.0260. The number of hydrogen-bond acceptors (Lipinski definition) is 7. The Balaban J connectivity index is 1.79. The van der Waals surface area contributed by atoms with E-state index in [0.717, 1.165) is 12.0 Å². The molecular formula is C22H31N5O5. The van der Waals surface area contributed by atoms with Crippen molar-refractivity contribution in [1.82, 2.24) is 19.1 Å². The summed E-state index contributed by atoms with van der Waals surface area (Å²) in [6, 6.07) is 7.52. The Morgan fingerprint density at radius 1 is 1.22 bits per heavy atom. The van der Waals surface area contributed by atoms with Gasteiger partial charge in [0.25, 0.3) is 5.56 Å². The van der Waals surface area contributed by atoms with Gasteiger partial charge in [-0.15, -0.1) is 0 Å². The topological polar surface area (TPSA) is 123 Å². The van der Waals surface area contributed by atoms with E-state index in [1.54, 1.807) is 4.57 Å². The van der Waals surface area contributed by atoms with E-state index in [4.69, 9.17) is 9.47 Å². The first-order valence-corrected chi connectivity index (χ1v) is 10.7. The summed E-state index contributed by atoms with van der Waals surface area (Å²) in [6.45, 7) is 7.16. The molecule has 174 valence electrons. The van der Waals surface area contributed by atoms with Crippen molar-refractivity contribution in [2.75, 3.05) is 25.1 Å². The molecule has 32 heavy (non-hydrogen) atoms. The maximum atomic E-state index is 12.5. The molecule has 3 N–H and O–H groups in total. The number of rotatable bonds is 11. The second kappa shape index (κ2) is 10.5. The predicted octanol–water partition coefficient (Wildman–Crippen LogP) is 1.40. The lowest BCUT2D eigenvalue weighted by molar-refractivity contribution is 0.0786. The molecule has 10 heteroatoms. The molecule has 2 aromatic heterocycles. The number of aromatic nitrogens is 4. The molecule has 3 rings (SSSR count). The fraction of sp³-hybridized carbons (Fsp3) is 0.500. The second-order valence-electron chi connectivity index (χ2n) is 8.01. The molecule has 0 aliphatic carbocycles. The first-order chi connectivity index (χ1) is 15.3. The summed E-state index contributed by atoms with van der Waals surface area (Å²) >= 11 is 0. The van der Waals surface area contributed by atoms with Gasteiger partial charge in [0.1, 0.15) is 18.5 Å². The van der Waals surface area contributed by atoms with Gasteiger partial charge in [0.05, 0.1) is 12.6 Å². The zero-order chi connectivity index (χ0) is 23.3. The first-order valence-electron chi connectivity index (χ1n) is 10.7. The fourth-order valence-corrected chi connectivity index (χ4v) is 3.23. The Kier molecular flexibility index (Phi) is 7.70. The predicted molar refractivity (Wildman–Crippen MR) is 122 cm³/mol. The van der Waals surface area contributed by atoms with Gasteiger partial charge in [-0.25, -0.2) is 4.79 Å². The van der Waals surface area contributed by atoms with Gasteiger partial charge in [-0.1, -0.05) is 17.7 Å². The summed E-state index contributed by atoms with van der Waals surface area (Å²) in [4.78, 5) is 31.3. The average molecular weight is 446 g/mol. The minimum atomic E-state index is -0.907. The fourth-order valence-electron chi connectivity index (χ4n) is 3.23. The lowest BCUT2D eigenvalue weighted by Crippen LogP contribution is -2.31. The molecule has 0 aliphatic rings. The van der Waals surface area contributed by atoms with Crippen LogP contribution in [0.25, 0.3) is 11.2 Å². The lowest BCUT2D eigenvalue weighted by atomic mass is 10.2. The van der Waals surface area contributed by atoms with Crippen LogP contribution in [0.2, 0.25) is 0 Å². The van der Waals surface area contributed by atoms with Crippen LogP contribution in [0.4, 0.5) is 5.95 Å². The molecule has 0 saturated heterocycles. The highest BCUT2D eigenvalue weighted by molar-refractivity contribution is 5.74. The molecule has 0 amide bonds. The number of aliphatic hydroxyl groups excluding tert-OH is 1. The van der Waals surface area contributed by atoms with Gasteiger partial charge >= 0.3 is 5.69 Å². The number of hydrogen-bond donors (Lipinski definition) is 3. The van der Waals surface area contributed by atoms with Crippen molar-refractivity contribution in [3.8, 4) is 5.75 Å². The Bertz CT molecular complexity index is 1150. The molecule has 1 aromatic carbocycles. The van der Waals surface area contributed by atoms with Crippen LogP contribution in [-0.2, 0) is 18.3 Å². The highest BCUT2D eigenvalue weighted by atomic mass is 16.5. The third-order valence-electron chi connectivity index (χ3n) is 4.92. The normalized spacial score (nSPS) is 12.4. The molecule has 0 unspecified atom stereocenters. The maximum Gasteiger partial charge on any atom is 0.329 e. The standard InChI is InChI=1S/C22H31N5O5/c1-14(2)31-11-5-10-23-21-24-19-18(20(29)25-22(30)26(19)4)27(21)12-16(28)13-32-17-8-6-15(3)7-9-17/h6-9,14,16,28H,5,10-13H2,1-4H3,(H,23,24)(H,25,29,30)/t16-/m0/s1. The third-order valence-corrected chi connectivity index (χ3v) is 4.92. The third kappa shape index (κ3) is 5.77. The smallest absolute Gasteiger partial charge is 0.329 e. The van der Waals surface area contributed by atoms with Crippen molar-refractivity contribution in [1.29, 1.82) is 0 Å². The molecule has 0 radical (unpaired) electrons.